The summed E-state index contributed by atoms with van der Waals surface area (Å²) in [6, 6.07) is 15.5. The number of nitrogens with zero attached hydrogens (tertiary/aromatic N) is 2. The van der Waals surface area contributed by atoms with Crippen LogP contribution in [0.25, 0.3) is 10.9 Å². The summed E-state index contributed by atoms with van der Waals surface area (Å²) in [5.41, 5.74) is 4.27. The van der Waals surface area contributed by atoms with Crippen molar-refractivity contribution in [3.05, 3.63) is 69.2 Å². The first-order valence-electron chi connectivity index (χ1n) is 9.08. The minimum atomic E-state index is -0.111. The van der Waals surface area contributed by atoms with E-state index in [0.29, 0.717) is 36.5 Å². The van der Waals surface area contributed by atoms with Crippen LogP contribution in [0.15, 0.2) is 46.9 Å². The van der Waals surface area contributed by atoms with Crippen molar-refractivity contribution < 1.29 is 4.79 Å². The molecule has 3 rings (SSSR count). The van der Waals surface area contributed by atoms with Gasteiger partial charge in [-0.25, -0.2) is 4.98 Å². The Morgan fingerprint density at radius 1 is 1.18 bits per heavy atom. The number of fused-ring (bicyclic) bond motifs is 1. The van der Waals surface area contributed by atoms with E-state index < -0.39 is 0 Å². The summed E-state index contributed by atoms with van der Waals surface area (Å²) in [6.45, 7) is 5.20. The molecule has 0 spiro atoms. The zero-order valence-electron chi connectivity index (χ0n) is 15.8. The fourth-order valence-electron chi connectivity index (χ4n) is 3.09. The van der Waals surface area contributed by atoms with Crippen molar-refractivity contribution in [3.63, 3.8) is 0 Å². The second-order valence-corrected chi connectivity index (χ2v) is 7.52. The van der Waals surface area contributed by atoms with Crippen molar-refractivity contribution in [2.24, 2.45) is 0 Å². The van der Waals surface area contributed by atoms with Crippen molar-refractivity contribution in [1.29, 1.82) is 5.26 Å². The monoisotopic (exact) mass is 436 g/mol. The highest BCUT2D eigenvalue weighted by Crippen LogP contribution is 2.24. The zero-order chi connectivity index (χ0) is 20.1. The molecular weight excluding hydrogens is 416 g/mol. The van der Waals surface area contributed by atoms with E-state index in [1.165, 1.54) is 0 Å². The van der Waals surface area contributed by atoms with Gasteiger partial charge < -0.3 is 10.6 Å². The van der Waals surface area contributed by atoms with Gasteiger partial charge in [0.2, 0.25) is 0 Å². The SMILES string of the molecule is Cc1cc(C)c2cc(C#N)c(NCCCNC(=O)c3ccccc3Br)nc2c1. The lowest BCUT2D eigenvalue weighted by molar-refractivity contribution is 0.0953. The van der Waals surface area contributed by atoms with Crippen LogP contribution in [0.1, 0.15) is 33.5 Å². The van der Waals surface area contributed by atoms with Gasteiger partial charge in [0.1, 0.15) is 11.9 Å². The van der Waals surface area contributed by atoms with Crippen LogP contribution in [-0.2, 0) is 0 Å². The predicted octanol–water partition coefficient (Wildman–Crippen LogP) is 4.72. The molecule has 0 aliphatic heterocycles. The van der Waals surface area contributed by atoms with E-state index in [0.717, 1.165) is 26.5 Å². The van der Waals surface area contributed by atoms with Crippen molar-refractivity contribution in [3.8, 4) is 6.07 Å². The lowest BCUT2D eigenvalue weighted by Gasteiger charge is -2.11. The van der Waals surface area contributed by atoms with Crippen molar-refractivity contribution in [2.75, 3.05) is 18.4 Å². The molecule has 5 nitrogen and oxygen atoms in total. The molecule has 1 aromatic heterocycles. The van der Waals surface area contributed by atoms with Gasteiger partial charge >= 0.3 is 0 Å². The number of anilines is 1. The number of aryl methyl sites for hydroxylation is 2. The van der Waals surface area contributed by atoms with Crippen LogP contribution in [0.2, 0.25) is 0 Å². The third-order valence-electron chi connectivity index (χ3n) is 4.46. The number of hydrogen-bond acceptors (Lipinski definition) is 4. The van der Waals surface area contributed by atoms with Crippen LogP contribution in [0.3, 0.4) is 0 Å². The minimum Gasteiger partial charge on any atom is -0.369 e. The quantitative estimate of drug-likeness (QED) is 0.548. The molecule has 142 valence electrons. The fourth-order valence-corrected chi connectivity index (χ4v) is 3.55. The molecule has 0 atom stereocenters. The number of aromatic nitrogens is 1. The lowest BCUT2D eigenvalue weighted by Crippen LogP contribution is -2.26. The standard InChI is InChI=1S/C22H21BrN4O/c1-14-10-15(2)18-12-16(13-24)21(27-20(18)11-14)25-8-5-9-26-22(28)17-6-3-4-7-19(17)23/h3-4,6-7,10-12H,5,8-9H2,1-2H3,(H,25,27)(H,26,28). The summed E-state index contributed by atoms with van der Waals surface area (Å²) in [5, 5.41) is 16.6. The Kier molecular flexibility index (Phi) is 6.27. The van der Waals surface area contributed by atoms with Crippen LogP contribution in [0, 0.1) is 25.2 Å². The predicted molar refractivity (Wildman–Crippen MR) is 116 cm³/mol. The number of carbonyl (C=O) groups excluding carboxylic acids is 1. The van der Waals surface area contributed by atoms with E-state index in [-0.39, 0.29) is 5.91 Å². The molecule has 1 heterocycles. The van der Waals surface area contributed by atoms with Gasteiger partial charge in [-0.3, -0.25) is 4.79 Å². The lowest BCUT2D eigenvalue weighted by atomic mass is 10.0. The second kappa shape index (κ2) is 8.85. The first kappa shape index (κ1) is 19.8. The maximum atomic E-state index is 12.2. The van der Waals surface area contributed by atoms with Gasteiger partial charge in [0.05, 0.1) is 16.6 Å². The van der Waals surface area contributed by atoms with E-state index in [1.807, 2.05) is 44.2 Å². The molecule has 28 heavy (non-hydrogen) atoms. The highest BCUT2D eigenvalue weighted by atomic mass is 79.9. The first-order valence-corrected chi connectivity index (χ1v) is 9.87. The third-order valence-corrected chi connectivity index (χ3v) is 5.15. The van der Waals surface area contributed by atoms with Gasteiger partial charge in [-0.15, -0.1) is 0 Å². The molecule has 0 saturated carbocycles. The number of rotatable bonds is 6. The van der Waals surface area contributed by atoms with E-state index in [4.69, 9.17) is 0 Å². The van der Waals surface area contributed by atoms with Gasteiger partial charge in [-0.05, 0) is 71.6 Å². The minimum absolute atomic E-state index is 0.111. The average Bonchev–Trinajstić information content (AvgIpc) is 2.67. The van der Waals surface area contributed by atoms with Crippen LogP contribution >= 0.6 is 15.9 Å². The number of hydrogen-bond donors (Lipinski definition) is 2. The number of amides is 1. The number of nitrogens with one attached hydrogen (secondary N) is 2. The molecule has 1 amide bonds. The Bertz CT molecular complexity index is 1070. The van der Waals surface area contributed by atoms with E-state index in [1.54, 1.807) is 6.07 Å². The van der Waals surface area contributed by atoms with Crippen LogP contribution in [-0.4, -0.2) is 24.0 Å². The summed E-state index contributed by atoms with van der Waals surface area (Å²) in [6.07, 6.45) is 0.716. The molecule has 0 aliphatic rings. The molecule has 0 radical (unpaired) electrons. The smallest absolute Gasteiger partial charge is 0.252 e. The van der Waals surface area contributed by atoms with E-state index in [9.17, 15) is 10.1 Å². The molecular formula is C22H21BrN4O. The van der Waals surface area contributed by atoms with Crippen LogP contribution in [0.5, 0.6) is 0 Å². The average molecular weight is 437 g/mol. The molecule has 0 aliphatic carbocycles. The second-order valence-electron chi connectivity index (χ2n) is 6.66. The fraction of sp³-hybridized carbons (Fsp3) is 0.227. The number of nitriles is 1. The summed E-state index contributed by atoms with van der Waals surface area (Å²) in [7, 11) is 0. The molecule has 2 N–H and O–H groups in total. The Morgan fingerprint density at radius 3 is 2.71 bits per heavy atom. The highest BCUT2D eigenvalue weighted by Gasteiger charge is 2.10. The van der Waals surface area contributed by atoms with Crippen molar-refractivity contribution in [1.82, 2.24) is 10.3 Å². The summed E-state index contributed by atoms with van der Waals surface area (Å²) >= 11 is 3.38. The van der Waals surface area contributed by atoms with E-state index >= 15 is 0 Å². The molecule has 0 saturated heterocycles. The normalized spacial score (nSPS) is 10.5. The Hall–Kier alpha value is -2.91. The number of carbonyl (C=O) groups is 1. The summed E-state index contributed by atoms with van der Waals surface area (Å²) in [5.74, 6) is 0.470. The van der Waals surface area contributed by atoms with Crippen molar-refractivity contribution >= 4 is 38.6 Å². The zero-order valence-corrected chi connectivity index (χ0v) is 17.4. The molecule has 0 unspecified atom stereocenters. The molecule has 0 bridgehead atoms. The number of pyridine rings is 1. The largest absolute Gasteiger partial charge is 0.369 e. The summed E-state index contributed by atoms with van der Waals surface area (Å²) < 4.78 is 0.773. The van der Waals surface area contributed by atoms with Crippen LogP contribution < -0.4 is 10.6 Å². The van der Waals surface area contributed by atoms with Gasteiger partial charge in [0.25, 0.3) is 5.91 Å². The van der Waals surface area contributed by atoms with Gasteiger partial charge in [0.15, 0.2) is 0 Å². The molecule has 3 aromatic rings. The number of benzene rings is 2. The molecule has 6 heteroatoms. The third kappa shape index (κ3) is 4.49. The van der Waals surface area contributed by atoms with Gasteiger partial charge in [-0.2, -0.15) is 5.26 Å². The van der Waals surface area contributed by atoms with Crippen molar-refractivity contribution in [2.45, 2.75) is 20.3 Å². The Balaban J connectivity index is 1.60. The van der Waals surface area contributed by atoms with Gasteiger partial charge in [0, 0.05) is 22.9 Å². The summed E-state index contributed by atoms with van der Waals surface area (Å²) in [4.78, 5) is 16.8. The van der Waals surface area contributed by atoms with E-state index in [2.05, 4.69) is 43.7 Å². The van der Waals surface area contributed by atoms with Gasteiger partial charge in [-0.1, -0.05) is 18.2 Å². The topological polar surface area (TPSA) is 77.8 Å². The Labute approximate surface area is 172 Å². The molecule has 0 fully saturated rings. The Morgan fingerprint density at radius 2 is 1.96 bits per heavy atom. The number of halogens is 1. The maximum absolute atomic E-state index is 12.2. The van der Waals surface area contributed by atoms with Crippen LogP contribution in [0.4, 0.5) is 5.82 Å². The first-order chi connectivity index (χ1) is 13.5. The molecule has 2 aromatic carbocycles. The maximum Gasteiger partial charge on any atom is 0.252 e. The highest BCUT2D eigenvalue weighted by molar-refractivity contribution is 9.10.